The van der Waals surface area contributed by atoms with Gasteiger partial charge in [-0.3, -0.25) is 19.5 Å². The Balaban J connectivity index is 1.94. The van der Waals surface area contributed by atoms with Crippen LogP contribution in [0, 0.1) is 6.92 Å². The monoisotopic (exact) mass is 283 g/mol. The van der Waals surface area contributed by atoms with E-state index in [0.717, 1.165) is 22.3 Å². The van der Waals surface area contributed by atoms with E-state index in [1.54, 1.807) is 6.92 Å². The number of likely N-dealkylation sites (tertiary alicyclic amines) is 1. The summed E-state index contributed by atoms with van der Waals surface area (Å²) < 4.78 is 0. The Morgan fingerprint density at radius 2 is 2.10 bits per heavy atom. The molecule has 2 heterocycles. The molecule has 0 bridgehead atoms. The van der Waals surface area contributed by atoms with Crippen LogP contribution < -0.4 is 5.32 Å². The second-order valence-corrected chi connectivity index (χ2v) is 5.21. The first-order valence-electron chi connectivity index (χ1n) is 7.07. The maximum atomic E-state index is 12.2. The van der Waals surface area contributed by atoms with Crippen molar-refractivity contribution in [3.05, 3.63) is 36.0 Å². The SMILES string of the molecule is CCN1C(=O)CC(Nc2cccc3ccc(C)nc23)C1=O. The molecule has 5 nitrogen and oxygen atoms in total. The first-order valence-corrected chi connectivity index (χ1v) is 7.07. The molecule has 3 rings (SSSR count). The molecule has 1 unspecified atom stereocenters. The van der Waals surface area contributed by atoms with Crippen LogP contribution in [0.5, 0.6) is 0 Å². The fourth-order valence-electron chi connectivity index (χ4n) is 2.68. The molecule has 0 saturated carbocycles. The summed E-state index contributed by atoms with van der Waals surface area (Å²) in [5.74, 6) is -0.281. The zero-order chi connectivity index (χ0) is 15.0. The van der Waals surface area contributed by atoms with Crippen molar-refractivity contribution in [3.63, 3.8) is 0 Å². The fraction of sp³-hybridized carbons (Fsp3) is 0.312. The second kappa shape index (κ2) is 5.16. The maximum absolute atomic E-state index is 12.2. The van der Waals surface area contributed by atoms with Crippen molar-refractivity contribution < 1.29 is 9.59 Å². The van der Waals surface area contributed by atoms with Crippen LogP contribution in [0.4, 0.5) is 5.69 Å². The van der Waals surface area contributed by atoms with Gasteiger partial charge in [-0.1, -0.05) is 18.2 Å². The average molecular weight is 283 g/mol. The minimum Gasteiger partial charge on any atom is -0.371 e. The number of fused-ring (bicyclic) bond motifs is 1. The third-order valence-corrected chi connectivity index (χ3v) is 3.75. The summed E-state index contributed by atoms with van der Waals surface area (Å²) in [4.78, 5) is 29.8. The largest absolute Gasteiger partial charge is 0.371 e. The molecule has 0 spiro atoms. The molecule has 1 aromatic heterocycles. The lowest BCUT2D eigenvalue weighted by molar-refractivity contribution is -0.138. The zero-order valence-corrected chi connectivity index (χ0v) is 12.1. The number of benzene rings is 1. The first-order chi connectivity index (χ1) is 10.1. The number of amides is 2. The molecule has 1 aliphatic heterocycles. The molecule has 2 amide bonds. The van der Waals surface area contributed by atoms with Gasteiger partial charge in [-0.2, -0.15) is 0 Å². The van der Waals surface area contributed by atoms with E-state index in [1.165, 1.54) is 4.90 Å². The predicted molar refractivity (Wildman–Crippen MR) is 80.9 cm³/mol. The Labute approximate surface area is 123 Å². The summed E-state index contributed by atoms with van der Waals surface area (Å²) in [5, 5.41) is 4.19. The van der Waals surface area contributed by atoms with E-state index in [0.29, 0.717) is 6.54 Å². The van der Waals surface area contributed by atoms with Crippen LogP contribution in [0.15, 0.2) is 30.3 Å². The van der Waals surface area contributed by atoms with E-state index in [1.807, 2.05) is 37.3 Å². The third-order valence-electron chi connectivity index (χ3n) is 3.75. The van der Waals surface area contributed by atoms with Gasteiger partial charge in [0.2, 0.25) is 5.91 Å². The van der Waals surface area contributed by atoms with Gasteiger partial charge in [0.15, 0.2) is 0 Å². The van der Waals surface area contributed by atoms with E-state index in [4.69, 9.17) is 0 Å². The molecule has 2 aromatic rings. The Morgan fingerprint density at radius 3 is 2.81 bits per heavy atom. The van der Waals surface area contributed by atoms with Crippen LogP contribution in [-0.2, 0) is 9.59 Å². The van der Waals surface area contributed by atoms with Gasteiger partial charge in [0.1, 0.15) is 6.04 Å². The van der Waals surface area contributed by atoms with Crippen molar-refractivity contribution in [1.82, 2.24) is 9.88 Å². The van der Waals surface area contributed by atoms with Crippen LogP contribution in [0.25, 0.3) is 10.9 Å². The minimum atomic E-state index is -0.495. The van der Waals surface area contributed by atoms with Crippen molar-refractivity contribution in [3.8, 4) is 0 Å². The van der Waals surface area contributed by atoms with Gasteiger partial charge < -0.3 is 5.32 Å². The van der Waals surface area contributed by atoms with E-state index < -0.39 is 6.04 Å². The van der Waals surface area contributed by atoms with E-state index >= 15 is 0 Å². The molecule has 0 aliphatic carbocycles. The lowest BCUT2D eigenvalue weighted by Gasteiger charge is -2.15. The summed E-state index contributed by atoms with van der Waals surface area (Å²) >= 11 is 0. The number of anilines is 1. The third kappa shape index (κ3) is 2.35. The van der Waals surface area contributed by atoms with Crippen LogP contribution in [0.1, 0.15) is 19.0 Å². The molecule has 1 N–H and O–H groups in total. The number of hydrogen-bond acceptors (Lipinski definition) is 4. The molecule has 5 heteroatoms. The smallest absolute Gasteiger partial charge is 0.252 e. The number of nitrogens with one attached hydrogen (secondary N) is 1. The zero-order valence-electron chi connectivity index (χ0n) is 12.1. The number of para-hydroxylation sites is 1. The summed E-state index contributed by atoms with van der Waals surface area (Å²) in [5.41, 5.74) is 2.54. The summed E-state index contributed by atoms with van der Waals surface area (Å²) in [6.45, 7) is 4.16. The average Bonchev–Trinajstić information content (AvgIpc) is 2.73. The molecule has 108 valence electrons. The van der Waals surface area contributed by atoms with Gasteiger partial charge in [-0.25, -0.2) is 0 Å². The quantitative estimate of drug-likeness (QED) is 0.876. The molecule has 21 heavy (non-hydrogen) atoms. The summed E-state index contributed by atoms with van der Waals surface area (Å²) in [6, 6.07) is 9.25. The summed E-state index contributed by atoms with van der Waals surface area (Å²) in [6.07, 6.45) is 0.203. The lowest BCUT2D eigenvalue weighted by atomic mass is 10.1. The molecule has 1 aliphatic rings. The van der Waals surface area contributed by atoms with Gasteiger partial charge in [-0.05, 0) is 26.0 Å². The highest BCUT2D eigenvalue weighted by molar-refractivity contribution is 6.07. The Bertz CT molecular complexity index is 727. The van der Waals surface area contributed by atoms with Gasteiger partial charge in [0.05, 0.1) is 17.6 Å². The van der Waals surface area contributed by atoms with E-state index in [2.05, 4.69) is 10.3 Å². The second-order valence-electron chi connectivity index (χ2n) is 5.21. The molecule has 1 saturated heterocycles. The highest BCUT2D eigenvalue weighted by Crippen LogP contribution is 2.25. The fourth-order valence-corrected chi connectivity index (χ4v) is 2.68. The normalized spacial score (nSPS) is 18.6. The number of rotatable bonds is 3. The highest BCUT2D eigenvalue weighted by Gasteiger charge is 2.37. The predicted octanol–water partition coefficient (Wildman–Crippen LogP) is 2.10. The van der Waals surface area contributed by atoms with Crippen LogP contribution in [0.2, 0.25) is 0 Å². The Hall–Kier alpha value is -2.43. The summed E-state index contributed by atoms with van der Waals surface area (Å²) in [7, 11) is 0. The Morgan fingerprint density at radius 1 is 1.29 bits per heavy atom. The van der Waals surface area contributed by atoms with Crippen LogP contribution >= 0.6 is 0 Å². The van der Waals surface area contributed by atoms with E-state index in [-0.39, 0.29) is 18.2 Å². The minimum absolute atomic E-state index is 0.121. The number of imide groups is 1. The standard InChI is InChI=1S/C16H17N3O2/c1-3-19-14(20)9-13(16(19)21)18-12-6-4-5-11-8-7-10(2)17-15(11)12/h4-8,13,18H,3,9H2,1-2H3. The number of carbonyl (C=O) groups is 2. The molecule has 0 radical (unpaired) electrons. The molecular formula is C16H17N3O2. The molecule has 1 aromatic carbocycles. The topological polar surface area (TPSA) is 62.3 Å². The van der Waals surface area contributed by atoms with Crippen molar-refractivity contribution in [2.75, 3.05) is 11.9 Å². The van der Waals surface area contributed by atoms with Crippen LogP contribution in [0.3, 0.4) is 0 Å². The van der Waals surface area contributed by atoms with Crippen molar-refractivity contribution in [1.29, 1.82) is 0 Å². The molecular weight excluding hydrogens is 266 g/mol. The number of nitrogens with zero attached hydrogens (tertiary/aromatic N) is 2. The van der Waals surface area contributed by atoms with Gasteiger partial charge in [-0.15, -0.1) is 0 Å². The maximum Gasteiger partial charge on any atom is 0.252 e. The number of aryl methyl sites for hydroxylation is 1. The number of pyridine rings is 1. The van der Waals surface area contributed by atoms with Crippen LogP contribution in [-0.4, -0.2) is 34.3 Å². The van der Waals surface area contributed by atoms with Gasteiger partial charge >= 0.3 is 0 Å². The highest BCUT2D eigenvalue weighted by atomic mass is 16.2. The number of hydrogen-bond donors (Lipinski definition) is 1. The first kappa shape index (κ1) is 13.5. The van der Waals surface area contributed by atoms with Gasteiger partial charge in [0.25, 0.3) is 5.91 Å². The number of carbonyl (C=O) groups excluding carboxylic acids is 2. The molecule has 1 atom stereocenters. The van der Waals surface area contributed by atoms with Crippen molar-refractivity contribution >= 4 is 28.4 Å². The Kier molecular flexibility index (Phi) is 3.33. The number of aromatic nitrogens is 1. The lowest BCUT2D eigenvalue weighted by Crippen LogP contribution is -2.34. The van der Waals surface area contributed by atoms with Crippen molar-refractivity contribution in [2.24, 2.45) is 0 Å². The van der Waals surface area contributed by atoms with E-state index in [9.17, 15) is 9.59 Å². The number of likely N-dealkylation sites (N-methyl/N-ethyl adjacent to an activating group) is 1. The van der Waals surface area contributed by atoms with Gasteiger partial charge in [0, 0.05) is 17.6 Å². The molecule has 1 fully saturated rings. The van der Waals surface area contributed by atoms with Crippen molar-refractivity contribution in [2.45, 2.75) is 26.3 Å².